The molecule has 5 heteroatoms. The van der Waals surface area contributed by atoms with E-state index in [0.717, 1.165) is 37.3 Å². The Morgan fingerprint density at radius 3 is 3.11 bits per heavy atom. The minimum Gasteiger partial charge on any atom is -0.376 e. The summed E-state index contributed by atoms with van der Waals surface area (Å²) >= 11 is 0. The van der Waals surface area contributed by atoms with E-state index in [2.05, 4.69) is 15.6 Å². The van der Waals surface area contributed by atoms with E-state index in [1.54, 1.807) is 12.4 Å². The summed E-state index contributed by atoms with van der Waals surface area (Å²) in [6.07, 6.45) is 6.30. The van der Waals surface area contributed by atoms with Crippen molar-refractivity contribution in [2.24, 2.45) is 5.92 Å². The Balaban J connectivity index is 1.94. The Bertz CT molecular complexity index is 427. The molecule has 0 radical (unpaired) electrons. The largest absolute Gasteiger partial charge is 0.376 e. The quantitative estimate of drug-likeness (QED) is 0.863. The number of piperidine rings is 1. The number of nitrogens with one attached hydrogen (secondary N) is 2. The van der Waals surface area contributed by atoms with E-state index in [9.17, 15) is 4.79 Å². The van der Waals surface area contributed by atoms with Gasteiger partial charge in [0.15, 0.2) is 0 Å². The normalized spacial score (nSPS) is 18.9. The Hall–Kier alpha value is -1.62. The summed E-state index contributed by atoms with van der Waals surface area (Å²) in [7, 11) is 3.91. The maximum Gasteiger partial charge on any atom is 0.224 e. The molecule has 19 heavy (non-hydrogen) atoms. The van der Waals surface area contributed by atoms with E-state index < -0.39 is 0 Å². The van der Waals surface area contributed by atoms with Crippen LogP contribution in [-0.4, -0.2) is 38.1 Å². The van der Waals surface area contributed by atoms with Gasteiger partial charge in [-0.25, -0.2) is 0 Å². The van der Waals surface area contributed by atoms with Crippen LogP contribution in [0.4, 0.5) is 11.4 Å². The number of amides is 1. The average Bonchev–Trinajstić information content (AvgIpc) is 2.40. The second-order valence-electron chi connectivity index (χ2n) is 5.25. The van der Waals surface area contributed by atoms with Gasteiger partial charge in [-0.1, -0.05) is 0 Å². The summed E-state index contributed by atoms with van der Waals surface area (Å²) in [5, 5.41) is 6.30. The predicted octanol–water partition coefficient (Wildman–Crippen LogP) is 1.48. The smallest absolute Gasteiger partial charge is 0.224 e. The fourth-order valence-corrected chi connectivity index (χ4v) is 2.44. The molecule has 1 unspecified atom stereocenters. The molecule has 0 aliphatic carbocycles. The molecule has 5 nitrogen and oxygen atoms in total. The molecule has 1 aromatic rings. The van der Waals surface area contributed by atoms with Crippen LogP contribution in [0.1, 0.15) is 19.3 Å². The van der Waals surface area contributed by atoms with Gasteiger partial charge in [0.1, 0.15) is 0 Å². The van der Waals surface area contributed by atoms with Gasteiger partial charge in [-0.15, -0.1) is 0 Å². The fraction of sp³-hybridized carbons (Fsp3) is 0.571. The van der Waals surface area contributed by atoms with Gasteiger partial charge < -0.3 is 15.5 Å². The first-order valence-electron chi connectivity index (χ1n) is 6.78. The zero-order valence-corrected chi connectivity index (χ0v) is 11.6. The van der Waals surface area contributed by atoms with Gasteiger partial charge in [0.05, 0.1) is 17.6 Å². The van der Waals surface area contributed by atoms with Crippen molar-refractivity contribution in [2.75, 3.05) is 37.4 Å². The number of nitrogens with zero attached hydrogens (tertiary/aromatic N) is 2. The molecular formula is C14H22N4O. The third kappa shape index (κ3) is 3.92. The van der Waals surface area contributed by atoms with Crippen LogP contribution in [0.25, 0.3) is 0 Å². The third-order valence-corrected chi connectivity index (χ3v) is 3.43. The fourth-order valence-electron chi connectivity index (χ4n) is 2.44. The SMILES string of the molecule is CN(C)c1ccncc1NC(=O)CC1CCCNC1. The van der Waals surface area contributed by atoms with Crippen molar-refractivity contribution in [2.45, 2.75) is 19.3 Å². The van der Waals surface area contributed by atoms with Gasteiger partial charge in [-0.3, -0.25) is 9.78 Å². The van der Waals surface area contributed by atoms with Crippen LogP contribution < -0.4 is 15.5 Å². The number of pyridine rings is 1. The molecule has 1 aliphatic heterocycles. The summed E-state index contributed by atoms with van der Waals surface area (Å²) in [6.45, 7) is 2.02. The Morgan fingerprint density at radius 1 is 1.58 bits per heavy atom. The molecule has 2 N–H and O–H groups in total. The lowest BCUT2D eigenvalue weighted by molar-refractivity contribution is -0.117. The van der Waals surface area contributed by atoms with Crippen molar-refractivity contribution in [3.8, 4) is 0 Å². The molecule has 0 saturated carbocycles. The minimum absolute atomic E-state index is 0.0739. The van der Waals surface area contributed by atoms with E-state index >= 15 is 0 Å². The Morgan fingerprint density at radius 2 is 2.42 bits per heavy atom. The number of carbonyl (C=O) groups is 1. The molecule has 1 saturated heterocycles. The van der Waals surface area contributed by atoms with E-state index in [-0.39, 0.29) is 5.91 Å². The van der Waals surface area contributed by atoms with Crippen LogP contribution in [0.3, 0.4) is 0 Å². The van der Waals surface area contributed by atoms with Gasteiger partial charge in [0.25, 0.3) is 0 Å². The van der Waals surface area contributed by atoms with Crippen molar-refractivity contribution in [3.05, 3.63) is 18.5 Å². The highest BCUT2D eigenvalue weighted by atomic mass is 16.1. The average molecular weight is 262 g/mol. The highest BCUT2D eigenvalue weighted by molar-refractivity contribution is 5.94. The van der Waals surface area contributed by atoms with Crippen LogP contribution in [0.15, 0.2) is 18.5 Å². The first-order valence-corrected chi connectivity index (χ1v) is 6.78. The molecule has 1 atom stereocenters. The summed E-state index contributed by atoms with van der Waals surface area (Å²) in [5.41, 5.74) is 1.76. The van der Waals surface area contributed by atoms with Crippen LogP contribution in [0, 0.1) is 5.92 Å². The number of carbonyl (C=O) groups excluding carboxylic acids is 1. The summed E-state index contributed by atoms with van der Waals surface area (Å²) in [5.74, 6) is 0.526. The topological polar surface area (TPSA) is 57.3 Å². The van der Waals surface area contributed by atoms with Gasteiger partial charge in [-0.2, -0.15) is 0 Å². The van der Waals surface area contributed by atoms with Crippen LogP contribution in [0.5, 0.6) is 0 Å². The highest BCUT2D eigenvalue weighted by Crippen LogP contribution is 2.23. The number of hydrogen-bond donors (Lipinski definition) is 2. The first-order chi connectivity index (χ1) is 9.16. The molecule has 0 bridgehead atoms. The monoisotopic (exact) mass is 262 g/mol. The van der Waals surface area contributed by atoms with Crippen molar-refractivity contribution < 1.29 is 4.79 Å². The highest BCUT2D eigenvalue weighted by Gasteiger charge is 2.17. The van der Waals surface area contributed by atoms with E-state index in [4.69, 9.17) is 0 Å². The molecular weight excluding hydrogens is 240 g/mol. The van der Waals surface area contributed by atoms with Crippen LogP contribution in [0.2, 0.25) is 0 Å². The maximum atomic E-state index is 12.1. The molecule has 1 aliphatic rings. The molecule has 2 heterocycles. The molecule has 2 rings (SSSR count). The van der Waals surface area contributed by atoms with Crippen LogP contribution >= 0.6 is 0 Å². The lowest BCUT2D eigenvalue weighted by Gasteiger charge is -2.23. The van der Waals surface area contributed by atoms with Gasteiger partial charge in [-0.05, 0) is 37.9 Å². The Kier molecular flexibility index (Phi) is 4.74. The van der Waals surface area contributed by atoms with E-state index in [1.165, 1.54) is 0 Å². The summed E-state index contributed by atoms with van der Waals surface area (Å²) in [6, 6.07) is 1.90. The number of hydrogen-bond acceptors (Lipinski definition) is 4. The van der Waals surface area contributed by atoms with Crippen molar-refractivity contribution in [3.63, 3.8) is 0 Å². The van der Waals surface area contributed by atoms with E-state index in [0.29, 0.717) is 12.3 Å². The summed E-state index contributed by atoms with van der Waals surface area (Å²) in [4.78, 5) is 18.1. The lowest BCUT2D eigenvalue weighted by Crippen LogP contribution is -2.32. The standard InChI is InChI=1S/C14H22N4O/c1-18(2)13-5-7-16-10-12(13)17-14(19)8-11-4-3-6-15-9-11/h5,7,10-11,15H,3-4,6,8-9H2,1-2H3,(H,17,19). The maximum absolute atomic E-state index is 12.1. The van der Waals surface area contributed by atoms with Crippen molar-refractivity contribution >= 4 is 17.3 Å². The third-order valence-electron chi connectivity index (χ3n) is 3.43. The molecule has 1 amide bonds. The molecule has 1 aromatic heterocycles. The number of anilines is 2. The van der Waals surface area contributed by atoms with Gasteiger partial charge in [0, 0.05) is 26.7 Å². The molecule has 0 spiro atoms. The number of aromatic nitrogens is 1. The van der Waals surface area contributed by atoms with Crippen molar-refractivity contribution in [1.29, 1.82) is 0 Å². The summed E-state index contributed by atoms with van der Waals surface area (Å²) < 4.78 is 0. The van der Waals surface area contributed by atoms with Crippen LogP contribution in [-0.2, 0) is 4.79 Å². The second-order valence-corrected chi connectivity index (χ2v) is 5.25. The zero-order chi connectivity index (χ0) is 13.7. The van der Waals surface area contributed by atoms with E-state index in [1.807, 2.05) is 25.1 Å². The zero-order valence-electron chi connectivity index (χ0n) is 11.6. The number of rotatable bonds is 4. The predicted molar refractivity (Wildman–Crippen MR) is 77.4 cm³/mol. The van der Waals surface area contributed by atoms with Crippen molar-refractivity contribution in [1.82, 2.24) is 10.3 Å². The molecule has 1 fully saturated rings. The first kappa shape index (κ1) is 13.8. The van der Waals surface area contributed by atoms with Gasteiger partial charge >= 0.3 is 0 Å². The minimum atomic E-state index is 0.0739. The second kappa shape index (κ2) is 6.52. The molecule has 104 valence electrons. The molecule has 0 aromatic carbocycles. The van der Waals surface area contributed by atoms with Gasteiger partial charge in [0.2, 0.25) is 5.91 Å². The lowest BCUT2D eigenvalue weighted by atomic mass is 9.96. The Labute approximate surface area is 114 Å².